The molecule has 2 heteroatoms. The first kappa shape index (κ1) is 7.62. The molecule has 0 bridgehead atoms. The van der Waals surface area contributed by atoms with Crippen molar-refractivity contribution in [2.75, 3.05) is 7.11 Å². The van der Waals surface area contributed by atoms with E-state index in [0.717, 1.165) is 11.3 Å². The predicted octanol–water partition coefficient (Wildman–Crippen LogP) is 1.27. The molecule has 1 aromatic rings. The zero-order chi connectivity index (χ0) is 8.10. The summed E-state index contributed by atoms with van der Waals surface area (Å²) in [5, 5.41) is 0. The van der Waals surface area contributed by atoms with Crippen molar-refractivity contribution in [3.8, 4) is 18.1 Å². The number of hydrogen-bond acceptors (Lipinski definition) is 2. The van der Waals surface area contributed by atoms with Gasteiger partial charge in [-0.3, -0.25) is 4.98 Å². The molecule has 1 rings (SSSR count). The normalized spacial score (nSPS) is 8.73. The molecule has 0 aromatic carbocycles. The molecular weight excluding hydrogens is 138 g/mol. The molecule has 0 radical (unpaired) electrons. The van der Waals surface area contributed by atoms with Crippen LogP contribution in [0.4, 0.5) is 0 Å². The van der Waals surface area contributed by atoms with E-state index in [-0.39, 0.29) is 0 Å². The van der Waals surface area contributed by atoms with Gasteiger partial charge in [-0.05, 0) is 11.6 Å². The van der Waals surface area contributed by atoms with Crippen LogP contribution in [0, 0.1) is 12.3 Å². The van der Waals surface area contributed by atoms with Gasteiger partial charge < -0.3 is 4.74 Å². The number of hydrogen-bond donors (Lipinski definition) is 0. The van der Waals surface area contributed by atoms with Crippen molar-refractivity contribution in [1.82, 2.24) is 4.98 Å². The summed E-state index contributed by atoms with van der Waals surface area (Å²) in [6.45, 7) is 0. The van der Waals surface area contributed by atoms with Crippen LogP contribution < -0.4 is 4.74 Å². The zero-order valence-electron chi connectivity index (χ0n) is 6.37. The van der Waals surface area contributed by atoms with Crippen molar-refractivity contribution in [3.63, 3.8) is 0 Å². The van der Waals surface area contributed by atoms with Gasteiger partial charge in [0.05, 0.1) is 13.3 Å². The lowest BCUT2D eigenvalue weighted by atomic mass is 10.2. The van der Waals surface area contributed by atoms with Crippen molar-refractivity contribution in [1.29, 1.82) is 0 Å². The number of terminal acetylenes is 1. The minimum atomic E-state index is 0.601. The van der Waals surface area contributed by atoms with Crippen LogP contribution in [-0.2, 0) is 6.42 Å². The Morgan fingerprint density at radius 3 is 3.09 bits per heavy atom. The van der Waals surface area contributed by atoms with Gasteiger partial charge in [-0.1, -0.05) is 0 Å². The Morgan fingerprint density at radius 1 is 1.64 bits per heavy atom. The summed E-state index contributed by atoms with van der Waals surface area (Å²) < 4.78 is 4.97. The van der Waals surface area contributed by atoms with Gasteiger partial charge in [0.1, 0.15) is 5.75 Å². The number of pyridine rings is 1. The number of nitrogens with zero attached hydrogens (tertiary/aromatic N) is 1. The summed E-state index contributed by atoms with van der Waals surface area (Å²) in [4.78, 5) is 3.95. The average Bonchev–Trinajstić information content (AvgIpc) is 2.06. The van der Waals surface area contributed by atoms with E-state index < -0.39 is 0 Å². The molecule has 1 aromatic heterocycles. The van der Waals surface area contributed by atoms with Gasteiger partial charge >= 0.3 is 0 Å². The van der Waals surface area contributed by atoms with Crippen molar-refractivity contribution >= 4 is 0 Å². The monoisotopic (exact) mass is 147 g/mol. The maximum Gasteiger partial charge on any atom is 0.137 e. The Kier molecular flexibility index (Phi) is 2.51. The fourth-order valence-corrected chi connectivity index (χ4v) is 0.790. The molecule has 0 atom stereocenters. The summed E-state index contributed by atoms with van der Waals surface area (Å²) >= 11 is 0. The van der Waals surface area contributed by atoms with Crippen LogP contribution in [0.2, 0.25) is 0 Å². The summed E-state index contributed by atoms with van der Waals surface area (Å²) in [6.07, 6.45) is 9.13. The van der Waals surface area contributed by atoms with E-state index in [1.54, 1.807) is 19.5 Å². The van der Waals surface area contributed by atoms with Crippen molar-refractivity contribution in [2.24, 2.45) is 0 Å². The van der Waals surface area contributed by atoms with E-state index >= 15 is 0 Å². The third-order valence-electron chi connectivity index (χ3n) is 1.31. The van der Waals surface area contributed by atoms with Gasteiger partial charge in [-0.25, -0.2) is 0 Å². The average molecular weight is 147 g/mol. The van der Waals surface area contributed by atoms with E-state index in [1.807, 2.05) is 6.07 Å². The molecule has 0 aliphatic rings. The van der Waals surface area contributed by atoms with Gasteiger partial charge in [-0.2, -0.15) is 0 Å². The van der Waals surface area contributed by atoms with Crippen molar-refractivity contribution in [3.05, 3.63) is 24.0 Å². The first-order valence-corrected chi connectivity index (χ1v) is 3.28. The number of ether oxygens (including phenoxy) is 1. The molecule has 0 saturated heterocycles. The van der Waals surface area contributed by atoms with Gasteiger partial charge in [0, 0.05) is 12.6 Å². The topological polar surface area (TPSA) is 22.1 Å². The highest BCUT2D eigenvalue weighted by Gasteiger charge is 1.93. The quantitative estimate of drug-likeness (QED) is 0.587. The molecule has 0 aliphatic carbocycles. The first-order chi connectivity index (χ1) is 5.36. The number of methoxy groups -OCH3 is 1. The van der Waals surface area contributed by atoms with Gasteiger partial charge in [0.2, 0.25) is 0 Å². The predicted molar refractivity (Wildman–Crippen MR) is 43.3 cm³/mol. The molecule has 1 heterocycles. The van der Waals surface area contributed by atoms with Gasteiger partial charge in [-0.15, -0.1) is 12.3 Å². The van der Waals surface area contributed by atoms with Gasteiger partial charge in [0.25, 0.3) is 0 Å². The SMILES string of the molecule is C#CCc1cncc(OC)c1. The molecule has 2 nitrogen and oxygen atoms in total. The molecule has 0 N–H and O–H groups in total. The molecule has 0 spiro atoms. The highest BCUT2D eigenvalue weighted by molar-refractivity contribution is 5.25. The molecule has 11 heavy (non-hydrogen) atoms. The van der Waals surface area contributed by atoms with Crippen molar-refractivity contribution in [2.45, 2.75) is 6.42 Å². The number of rotatable bonds is 2. The van der Waals surface area contributed by atoms with E-state index in [2.05, 4.69) is 10.9 Å². The second-order valence-corrected chi connectivity index (χ2v) is 2.11. The first-order valence-electron chi connectivity index (χ1n) is 3.28. The summed E-state index contributed by atoms with van der Waals surface area (Å²) in [5.41, 5.74) is 1.01. The highest BCUT2D eigenvalue weighted by Crippen LogP contribution is 2.09. The lowest BCUT2D eigenvalue weighted by molar-refractivity contribution is 0.412. The molecule has 0 fully saturated rings. The van der Waals surface area contributed by atoms with E-state index in [0.29, 0.717) is 6.42 Å². The minimum absolute atomic E-state index is 0.601. The van der Waals surface area contributed by atoms with Crippen molar-refractivity contribution < 1.29 is 4.74 Å². The molecule has 56 valence electrons. The van der Waals surface area contributed by atoms with Crippen LogP contribution >= 0.6 is 0 Å². The Bertz CT molecular complexity index is 275. The molecular formula is C9H9NO. The Hall–Kier alpha value is -1.49. The van der Waals surface area contributed by atoms with Crippen LogP contribution in [-0.4, -0.2) is 12.1 Å². The smallest absolute Gasteiger partial charge is 0.137 e. The largest absolute Gasteiger partial charge is 0.495 e. The van der Waals surface area contributed by atoms with Crippen LogP contribution in [0.5, 0.6) is 5.75 Å². The van der Waals surface area contributed by atoms with E-state index in [4.69, 9.17) is 11.2 Å². The molecule has 0 saturated carbocycles. The Balaban J connectivity index is 2.84. The standard InChI is InChI=1S/C9H9NO/c1-3-4-8-5-9(11-2)7-10-6-8/h1,5-7H,4H2,2H3. The molecule has 0 amide bonds. The lowest BCUT2D eigenvalue weighted by Gasteiger charge is -1.99. The minimum Gasteiger partial charge on any atom is -0.495 e. The summed E-state index contributed by atoms with van der Waals surface area (Å²) in [6, 6.07) is 1.88. The number of aromatic nitrogens is 1. The second kappa shape index (κ2) is 3.62. The molecule has 0 unspecified atom stereocenters. The second-order valence-electron chi connectivity index (χ2n) is 2.11. The maximum absolute atomic E-state index is 5.13. The summed E-state index contributed by atoms with van der Waals surface area (Å²) in [7, 11) is 1.61. The summed E-state index contributed by atoms with van der Waals surface area (Å²) in [5.74, 6) is 3.29. The van der Waals surface area contributed by atoms with E-state index in [1.165, 1.54) is 0 Å². The fraction of sp³-hybridized carbons (Fsp3) is 0.222. The van der Waals surface area contributed by atoms with E-state index in [9.17, 15) is 0 Å². The zero-order valence-corrected chi connectivity index (χ0v) is 6.37. The Labute approximate surface area is 66.2 Å². The van der Waals surface area contributed by atoms with Crippen LogP contribution in [0.15, 0.2) is 18.5 Å². The van der Waals surface area contributed by atoms with Crippen LogP contribution in [0.25, 0.3) is 0 Å². The Morgan fingerprint density at radius 2 is 2.45 bits per heavy atom. The fourth-order valence-electron chi connectivity index (χ4n) is 0.790. The highest BCUT2D eigenvalue weighted by atomic mass is 16.5. The molecule has 0 aliphatic heterocycles. The van der Waals surface area contributed by atoms with Gasteiger partial charge in [0.15, 0.2) is 0 Å². The third-order valence-corrected chi connectivity index (χ3v) is 1.31. The van der Waals surface area contributed by atoms with Crippen LogP contribution in [0.1, 0.15) is 5.56 Å². The lowest BCUT2D eigenvalue weighted by Crippen LogP contribution is -1.87. The van der Waals surface area contributed by atoms with Crippen LogP contribution in [0.3, 0.4) is 0 Å². The third kappa shape index (κ3) is 1.98. The maximum atomic E-state index is 5.13.